The Morgan fingerprint density at radius 3 is 2.60 bits per heavy atom. The smallest absolute Gasteiger partial charge is 0.230 e. The Morgan fingerprint density at radius 1 is 1.30 bits per heavy atom. The number of rotatable bonds is 5. The van der Waals surface area contributed by atoms with Crippen molar-refractivity contribution in [2.45, 2.75) is 50.3 Å². The zero-order valence-electron chi connectivity index (χ0n) is 11.9. The summed E-state index contributed by atoms with van der Waals surface area (Å²) in [6, 6.07) is 8.18. The molecule has 0 heterocycles. The monoisotopic (exact) mass is 355 g/mol. The van der Waals surface area contributed by atoms with Crippen molar-refractivity contribution in [1.29, 1.82) is 0 Å². The molecule has 1 N–H and O–H groups in total. The Bertz CT molecular complexity index is 429. The molecule has 2 rings (SSSR count). The second-order valence-corrected chi connectivity index (χ2v) is 7.62. The third-order valence-corrected chi connectivity index (χ3v) is 5.65. The molecule has 0 aromatic heterocycles. The molecule has 1 saturated carbocycles. The number of halogens is 1. The van der Waals surface area contributed by atoms with Crippen molar-refractivity contribution < 1.29 is 4.79 Å². The third-order valence-electron chi connectivity index (χ3n) is 3.75. The van der Waals surface area contributed by atoms with Crippen LogP contribution in [-0.2, 0) is 4.79 Å². The van der Waals surface area contributed by atoms with E-state index in [0.29, 0.717) is 11.0 Å². The number of hydrogen-bond donors (Lipinski definition) is 1. The van der Waals surface area contributed by atoms with E-state index in [2.05, 4.69) is 21.2 Å². The summed E-state index contributed by atoms with van der Waals surface area (Å²) in [6.07, 6.45) is 6.58. The van der Waals surface area contributed by atoms with E-state index in [1.165, 1.54) is 32.1 Å². The van der Waals surface area contributed by atoms with Crippen LogP contribution in [0.15, 0.2) is 28.7 Å². The largest absolute Gasteiger partial charge is 0.349 e. The van der Waals surface area contributed by atoms with Gasteiger partial charge < -0.3 is 5.32 Å². The van der Waals surface area contributed by atoms with Gasteiger partial charge in [0, 0.05) is 9.72 Å². The molecular formula is C16H22BrNOS. The molecule has 1 aliphatic carbocycles. The summed E-state index contributed by atoms with van der Waals surface area (Å²) < 4.78 is 1.06. The van der Waals surface area contributed by atoms with Crippen molar-refractivity contribution in [2.24, 2.45) is 0 Å². The number of nitrogens with one attached hydrogen (secondary N) is 1. The maximum atomic E-state index is 12.0. The van der Waals surface area contributed by atoms with Crippen molar-refractivity contribution in [3.05, 3.63) is 34.3 Å². The van der Waals surface area contributed by atoms with Gasteiger partial charge in [0.25, 0.3) is 0 Å². The van der Waals surface area contributed by atoms with E-state index in [4.69, 9.17) is 0 Å². The summed E-state index contributed by atoms with van der Waals surface area (Å²) in [6.45, 7) is 2.03. The van der Waals surface area contributed by atoms with Gasteiger partial charge >= 0.3 is 0 Å². The van der Waals surface area contributed by atoms with Crippen molar-refractivity contribution in [1.82, 2.24) is 5.32 Å². The van der Waals surface area contributed by atoms with Crippen LogP contribution in [-0.4, -0.2) is 16.9 Å². The first-order valence-electron chi connectivity index (χ1n) is 7.31. The van der Waals surface area contributed by atoms with Gasteiger partial charge in [0.15, 0.2) is 0 Å². The van der Waals surface area contributed by atoms with E-state index in [-0.39, 0.29) is 11.9 Å². The quantitative estimate of drug-likeness (QED) is 0.829. The number of thioether (sulfide) groups is 1. The van der Waals surface area contributed by atoms with E-state index in [0.717, 1.165) is 10.0 Å². The molecule has 1 amide bonds. The minimum Gasteiger partial charge on any atom is -0.349 e. The highest BCUT2D eigenvalue weighted by Gasteiger charge is 2.16. The lowest BCUT2D eigenvalue weighted by Crippen LogP contribution is -2.29. The molecule has 2 nitrogen and oxygen atoms in total. The highest BCUT2D eigenvalue weighted by Crippen LogP contribution is 2.28. The van der Waals surface area contributed by atoms with Gasteiger partial charge in [-0.3, -0.25) is 4.79 Å². The number of amides is 1. The van der Waals surface area contributed by atoms with Crippen LogP contribution in [0.3, 0.4) is 0 Å². The predicted molar refractivity (Wildman–Crippen MR) is 90.0 cm³/mol. The molecule has 0 aliphatic heterocycles. The molecular weight excluding hydrogens is 334 g/mol. The van der Waals surface area contributed by atoms with Crippen LogP contribution in [0, 0.1) is 0 Å². The summed E-state index contributed by atoms with van der Waals surface area (Å²) in [5.41, 5.74) is 1.14. The van der Waals surface area contributed by atoms with E-state index >= 15 is 0 Å². The highest BCUT2D eigenvalue weighted by atomic mass is 79.9. The van der Waals surface area contributed by atoms with E-state index < -0.39 is 0 Å². The standard InChI is InChI=1S/C16H22BrNOS/c1-12(13-7-9-14(17)10-8-13)18-16(19)11-20-15-5-3-2-4-6-15/h7-10,12,15H,2-6,11H2,1H3,(H,18,19). The summed E-state index contributed by atoms with van der Waals surface area (Å²) >= 11 is 5.25. The van der Waals surface area contributed by atoms with Crippen molar-refractivity contribution in [2.75, 3.05) is 5.75 Å². The van der Waals surface area contributed by atoms with Gasteiger partial charge in [-0.05, 0) is 37.5 Å². The molecule has 110 valence electrons. The number of benzene rings is 1. The molecule has 4 heteroatoms. The number of hydrogen-bond acceptors (Lipinski definition) is 2. The third kappa shape index (κ3) is 5.13. The van der Waals surface area contributed by atoms with Crippen molar-refractivity contribution in [3.8, 4) is 0 Å². The fourth-order valence-corrected chi connectivity index (χ4v) is 3.94. The topological polar surface area (TPSA) is 29.1 Å². The van der Waals surface area contributed by atoms with Gasteiger partial charge in [0.1, 0.15) is 0 Å². The van der Waals surface area contributed by atoms with Crippen LogP contribution in [0.1, 0.15) is 50.6 Å². The van der Waals surface area contributed by atoms with Crippen LogP contribution in [0.25, 0.3) is 0 Å². The molecule has 1 aromatic carbocycles. The van der Waals surface area contributed by atoms with Crippen LogP contribution in [0.4, 0.5) is 0 Å². The van der Waals surface area contributed by atoms with Crippen LogP contribution < -0.4 is 5.32 Å². The summed E-state index contributed by atoms with van der Waals surface area (Å²) in [5.74, 6) is 0.738. The summed E-state index contributed by atoms with van der Waals surface area (Å²) in [7, 11) is 0. The van der Waals surface area contributed by atoms with Gasteiger partial charge in [-0.15, -0.1) is 11.8 Å². The molecule has 0 bridgehead atoms. The molecule has 1 aromatic rings. The number of carbonyl (C=O) groups is 1. The van der Waals surface area contributed by atoms with Gasteiger partial charge in [-0.25, -0.2) is 0 Å². The first-order valence-corrected chi connectivity index (χ1v) is 9.16. The molecule has 1 atom stereocenters. The molecule has 1 fully saturated rings. The SMILES string of the molecule is CC(NC(=O)CSC1CCCCC1)c1ccc(Br)cc1. The predicted octanol–water partition coefficient (Wildman–Crippen LogP) is 4.69. The Kier molecular flexibility index (Phi) is 6.43. The summed E-state index contributed by atoms with van der Waals surface area (Å²) in [4.78, 5) is 12.0. The minimum absolute atomic E-state index is 0.0718. The molecule has 1 unspecified atom stereocenters. The lowest BCUT2D eigenvalue weighted by molar-refractivity contribution is -0.119. The van der Waals surface area contributed by atoms with Gasteiger partial charge in [-0.1, -0.05) is 47.3 Å². The first kappa shape index (κ1) is 15.9. The molecule has 0 spiro atoms. The number of carbonyl (C=O) groups excluding carboxylic acids is 1. The van der Waals surface area contributed by atoms with Gasteiger partial charge in [-0.2, -0.15) is 0 Å². The second kappa shape index (κ2) is 8.08. The maximum Gasteiger partial charge on any atom is 0.230 e. The van der Waals surface area contributed by atoms with Gasteiger partial charge in [0.2, 0.25) is 5.91 Å². The average molecular weight is 356 g/mol. The Labute approximate surface area is 134 Å². The molecule has 1 aliphatic rings. The molecule has 20 heavy (non-hydrogen) atoms. The zero-order valence-corrected chi connectivity index (χ0v) is 14.3. The Balaban J connectivity index is 1.74. The zero-order chi connectivity index (χ0) is 14.4. The van der Waals surface area contributed by atoms with E-state index in [9.17, 15) is 4.79 Å². The maximum absolute atomic E-state index is 12.0. The lowest BCUT2D eigenvalue weighted by atomic mass is 10.0. The highest BCUT2D eigenvalue weighted by molar-refractivity contribution is 9.10. The first-order chi connectivity index (χ1) is 9.65. The van der Waals surface area contributed by atoms with Gasteiger partial charge in [0.05, 0.1) is 11.8 Å². The van der Waals surface area contributed by atoms with Crippen LogP contribution in [0.2, 0.25) is 0 Å². The van der Waals surface area contributed by atoms with Crippen molar-refractivity contribution >= 4 is 33.6 Å². The average Bonchev–Trinajstić information content (AvgIpc) is 2.47. The molecule has 0 saturated heterocycles. The van der Waals surface area contributed by atoms with Crippen molar-refractivity contribution in [3.63, 3.8) is 0 Å². The lowest BCUT2D eigenvalue weighted by Gasteiger charge is -2.21. The fourth-order valence-electron chi connectivity index (χ4n) is 2.54. The van der Waals surface area contributed by atoms with Crippen LogP contribution in [0.5, 0.6) is 0 Å². The van der Waals surface area contributed by atoms with Crippen LogP contribution >= 0.6 is 27.7 Å². The normalized spacial score (nSPS) is 17.7. The Hall–Kier alpha value is -0.480. The Morgan fingerprint density at radius 2 is 1.95 bits per heavy atom. The van der Waals surface area contributed by atoms with E-state index in [1.54, 1.807) is 0 Å². The summed E-state index contributed by atoms with van der Waals surface area (Å²) in [5, 5.41) is 3.77. The van der Waals surface area contributed by atoms with E-state index in [1.807, 2.05) is 43.0 Å². The second-order valence-electron chi connectivity index (χ2n) is 5.41. The molecule has 0 radical (unpaired) electrons. The minimum atomic E-state index is 0.0718. The fraction of sp³-hybridized carbons (Fsp3) is 0.562.